The molecule has 3 N–H and O–H groups in total. The minimum atomic E-state index is 0.126. The summed E-state index contributed by atoms with van der Waals surface area (Å²) in [5, 5.41) is 4.44. The van der Waals surface area contributed by atoms with Crippen molar-refractivity contribution in [3.8, 4) is 5.75 Å². The molecular formula is C14H26N4O. The number of nitrogens with one attached hydrogen (secondary N) is 1. The van der Waals surface area contributed by atoms with Crippen LogP contribution in [0.1, 0.15) is 51.3 Å². The van der Waals surface area contributed by atoms with Crippen LogP contribution in [-0.2, 0) is 6.54 Å². The normalized spacial score (nSPS) is 24.6. The summed E-state index contributed by atoms with van der Waals surface area (Å²) in [4.78, 5) is 0. The lowest BCUT2D eigenvalue weighted by atomic mass is 9.88. The van der Waals surface area contributed by atoms with Crippen molar-refractivity contribution in [3.05, 3.63) is 11.9 Å². The summed E-state index contributed by atoms with van der Waals surface area (Å²) in [5.74, 6) is 7.94. The third-order valence-corrected chi connectivity index (χ3v) is 4.33. The van der Waals surface area contributed by atoms with Gasteiger partial charge in [-0.2, -0.15) is 5.10 Å². The van der Waals surface area contributed by atoms with E-state index in [4.69, 9.17) is 10.6 Å². The van der Waals surface area contributed by atoms with Gasteiger partial charge in [-0.25, -0.2) is 0 Å². The monoisotopic (exact) mass is 266 g/mol. The number of rotatable bonds is 6. The molecule has 0 spiro atoms. The predicted molar refractivity (Wildman–Crippen MR) is 75.6 cm³/mol. The molecule has 1 aliphatic carbocycles. The lowest BCUT2D eigenvalue weighted by molar-refractivity contribution is 0.280. The van der Waals surface area contributed by atoms with E-state index in [0.29, 0.717) is 11.8 Å². The first-order chi connectivity index (χ1) is 9.22. The number of aryl methyl sites for hydroxylation is 1. The maximum atomic E-state index is 5.85. The Morgan fingerprint density at radius 1 is 1.58 bits per heavy atom. The highest BCUT2D eigenvalue weighted by Gasteiger charge is 2.35. The highest BCUT2D eigenvalue weighted by Crippen LogP contribution is 2.42. The minimum Gasteiger partial charge on any atom is -0.493 e. The van der Waals surface area contributed by atoms with Crippen LogP contribution in [0.4, 0.5) is 0 Å². The molecule has 1 aromatic rings. The Morgan fingerprint density at radius 2 is 2.37 bits per heavy atom. The SMILES string of the molecule is CCCn1ncc(OC)c1C(NN)C1CCCC1C. The molecule has 1 aromatic heterocycles. The van der Waals surface area contributed by atoms with Gasteiger partial charge in [0.1, 0.15) is 0 Å². The molecule has 0 amide bonds. The van der Waals surface area contributed by atoms with Gasteiger partial charge in [0, 0.05) is 6.54 Å². The van der Waals surface area contributed by atoms with Crippen molar-refractivity contribution in [2.75, 3.05) is 7.11 Å². The topological polar surface area (TPSA) is 65.1 Å². The highest BCUT2D eigenvalue weighted by molar-refractivity contribution is 5.29. The quantitative estimate of drug-likeness (QED) is 0.612. The summed E-state index contributed by atoms with van der Waals surface area (Å²) in [5.41, 5.74) is 4.11. The number of hydrogen-bond acceptors (Lipinski definition) is 4. The number of methoxy groups -OCH3 is 1. The first-order valence-electron chi connectivity index (χ1n) is 7.28. The Labute approximate surface area is 115 Å². The smallest absolute Gasteiger partial charge is 0.161 e. The van der Waals surface area contributed by atoms with Gasteiger partial charge in [-0.05, 0) is 24.7 Å². The van der Waals surface area contributed by atoms with Crippen LogP contribution in [0.15, 0.2) is 6.20 Å². The first kappa shape index (κ1) is 14.3. The number of nitrogens with zero attached hydrogens (tertiary/aromatic N) is 2. The maximum absolute atomic E-state index is 5.85. The van der Waals surface area contributed by atoms with E-state index in [0.717, 1.165) is 24.4 Å². The van der Waals surface area contributed by atoms with Crippen LogP contribution in [0, 0.1) is 11.8 Å². The zero-order chi connectivity index (χ0) is 13.8. The number of nitrogens with two attached hydrogens (primary N) is 1. The van der Waals surface area contributed by atoms with Crippen molar-refractivity contribution in [1.82, 2.24) is 15.2 Å². The van der Waals surface area contributed by atoms with Gasteiger partial charge in [0.25, 0.3) is 0 Å². The molecule has 3 unspecified atom stereocenters. The van der Waals surface area contributed by atoms with Crippen LogP contribution < -0.4 is 16.0 Å². The number of aromatic nitrogens is 2. The minimum absolute atomic E-state index is 0.126. The van der Waals surface area contributed by atoms with Gasteiger partial charge in [-0.3, -0.25) is 16.0 Å². The van der Waals surface area contributed by atoms with E-state index in [2.05, 4.69) is 24.4 Å². The predicted octanol–water partition coefficient (Wildman–Crippen LogP) is 2.24. The second-order valence-corrected chi connectivity index (χ2v) is 5.54. The van der Waals surface area contributed by atoms with Gasteiger partial charge in [-0.15, -0.1) is 0 Å². The van der Waals surface area contributed by atoms with E-state index in [1.165, 1.54) is 19.3 Å². The van der Waals surface area contributed by atoms with E-state index < -0.39 is 0 Å². The molecule has 5 nitrogen and oxygen atoms in total. The van der Waals surface area contributed by atoms with Crippen molar-refractivity contribution in [2.24, 2.45) is 17.7 Å². The van der Waals surface area contributed by atoms with Crippen LogP contribution in [0.2, 0.25) is 0 Å². The van der Waals surface area contributed by atoms with Crippen LogP contribution in [0.3, 0.4) is 0 Å². The second kappa shape index (κ2) is 6.39. The molecule has 3 atom stereocenters. The van der Waals surface area contributed by atoms with Crippen molar-refractivity contribution < 1.29 is 4.74 Å². The van der Waals surface area contributed by atoms with Crippen LogP contribution in [-0.4, -0.2) is 16.9 Å². The van der Waals surface area contributed by atoms with Crippen molar-refractivity contribution in [3.63, 3.8) is 0 Å². The van der Waals surface area contributed by atoms with E-state index in [-0.39, 0.29) is 6.04 Å². The Hall–Kier alpha value is -1.07. The maximum Gasteiger partial charge on any atom is 0.161 e. The Bertz CT molecular complexity index is 404. The molecule has 19 heavy (non-hydrogen) atoms. The second-order valence-electron chi connectivity index (χ2n) is 5.54. The van der Waals surface area contributed by atoms with Crippen LogP contribution in [0.5, 0.6) is 5.75 Å². The third kappa shape index (κ3) is 2.77. The molecule has 0 radical (unpaired) electrons. The molecule has 2 rings (SSSR count). The third-order valence-electron chi connectivity index (χ3n) is 4.33. The van der Waals surface area contributed by atoms with Crippen molar-refractivity contribution in [2.45, 2.75) is 52.1 Å². The summed E-state index contributed by atoms with van der Waals surface area (Å²) in [6.07, 6.45) is 6.64. The molecule has 1 fully saturated rings. The Balaban J connectivity index is 2.32. The fourth-order valence-corrected chi connectivity index (χ4v) is 3.31. The zero-order valence-electron chi connectivity index (χ0n) is 12.2. The van der Waals surface area contributed by atoms with Gasteiger partial charge < -0.3 is 4.74 Å². The molecule has 0 bridgehead atoms. The summed E-state index contributed by atoms with van der Waals surface area (Å²) < 4.78 is 7.51. The molecule has 0 saturated heterocycles. The summed E-state index contributed by atoms with van der Waals surface area (Å²) in [6, 6.07) is 0.126. The standard InChI is InChI=1S/C14H26N4O/c1-4-8-18-14(12(19-3)9-16-18)13(17-15)11-7-5-6-10(11)2/h9-11,13,17H,4-8,15H2,1-3H3. The number of hydrogen-bond donors (Lipinski definition) is 2. The fraction of sp³-hybridized carbons (Fsp3) is 0.786. The molecule has 1 aliphatic rings. The average molecular weight is 266 g/mol. The van der Waals surface area contributed by atoms with Gasteiger partial charge in [0.15, 0.2) is 5.75 Å². The Morgan fingerprint density at radius 3 is 2.89 bits per heavy atom. The summed E-state index contributed by atoms with van der Waals surface area (Å²) >= 11 is 0. The molecule has 0 aliphatic heterocycles. The van der Waals surface area contributed by atoms with E-state index in [1.54, 1.807) is 13.3 Å². The lowest BCUT2D eigenvalue weighted by Crippen LogP contribution is -2.36. The average Bonchev–Trinajstić information content (AvgIpc) is 3.00. The van der Waals surface area contributed by atoms with Gasteiger partial charge >= 0.3 is 0 Å². The van der Waals surface area contributed by atoms with E-state index in [9.17, 15) is 0 Å². The molecule has 5 heteroatoms. The van der Waals surface area contributed by atoms with Gasteiger partial charge in [-0.1, -0.05) is 26.7 Å². The van der Waals surface area contributed by atoms with Gasteiger partial charge in [0.05, 0.1) is 25.0 Å². The largest absolute Gasteiger partial charge is 0.493 e. The first-order valence-corrected chi connectivity index (χ1v) is 7.28. The van der Waals surface area contributed by atoms with Crippen LogP contribution >= 0.6 is 0 Å². The van der Waals surface area contributed by atoms with Crippen LogP contribution in [0.25, 0.3) is 0 Å². The fourth-order valence-electron chi connectivity index (χ4n) is 3.31. The molecule has 0 aromatic carbocycles. The zero-order valence-corrected chi connectivity index (χ0v) is 12.2. The summed E-state index contributed by atoms with van der Waals surface area (Å²) in [6.45, 7) is 5.37. The van der Waals surface area contributed by atoms with Crippen molar-refractivity contribution in [1.29, 1.82) is 0 Å². The van der Waals surface area contributed by atoms with E-state index >= 15 is 0 Å². The molecular weight excluding hydrogens is 240 g/mol. The summed E-state index contributed by atoms with van der Waals surface area (Å²) in [7, 11) is 1.70. The van der Waals surface area contributed by atoms with E-state index in [1.807, 2.05) is 4.68 Å². The van der Waals surface area contributed by atoms with Crippen molar-refractivity contribution >= 4 is 0 Å². The number of ether oxygens (including phenoxy) is 1. The van der Waals surface area contributed by atoms with Gasteiger partial charge in [0.2, 0.25) is 0 Å². The molecule has 1 heterocycles. The molecule has 1 saturated carbocycles. The Kier molecular flexibility index (Phi) is 4.82. The number of hydrazine groups is 1. The highest BCUT2D eigenvalue weighted by atomic mass is 16.5. The lowest BCUT2D eigenvalue weighted by Gasteiger charge is -2.27. The molecule has 108 valence electrons.